The van der Waals surface area contributed by atoms with Crippen LogP contribution in [0.25, 0.3) is 0 Å². The summed E-state index contributed by atoms with van der Waals surface area (Å²) in [5, 5.41) is -0.218. The normalized spacial score (nSPS) is 17.8. The van der Waals surface area contributed by atoms with E-state index >= 15 is 0 Å². The number of ether oxygens (including phenoxy) is 1. The highest BCUT2D eigenvalue weighted by molar-refractivity contribution is 7.92. The molecule has 0 amide bonds. The van der Waals surface area contributed by atoms with Crippen LogP contribution in [-0.4, -0.2) is 63.8 Å². The summed E-state index contributed by atoms with van der Waals surface area (Å²) in [5.74, 6) is 1.39. The van der Waals surface area contributed by atoms with Crippen LogP contribution >= 0.6 is 0 Å². The van der Waals surface area contributed by atoms with E-state index in [4.69, 9.17) is 4.74 Å². The maximum absolute atomic E-state index is 12.5. The number of pyridine rings is 1. The molecule has 11 heteroatoms. The van der Waals surface area contributed by atoms with Crippen molar-refractivity contribution in [1.82, 2.24) is 9.29 Å². The molecule has 1 aromatic carbocycles. The quantitative estimate of drug-likeness (QED) is 0.630. The fraction of sp³-hybridized carbons (Fsp3) is 0.500. The van der Waals surface area contributed by atoms with Gasteiger partial charge in [-0.1, -0.05) is 17.7 Å². The highest BCUT2D eigenvalue weighted by Gasteiger charge is 2.41. The molecule has 1 aromatic heterocycles. The fourth-order valence-corrected chi connectivity index (χ4v) is 6.52. The van der Waals surface area contributed by atoms with Gasteiger partial charge in [0.1, 0.15) is 17.3 Å². The van der Waals surface area contributed by atoms with Crippen LogP contribution in [0, 0.1) is 20.8 Å². The summed E-state index contributed by atoms with van der Waals surface area (Å²) in [4.78, 5) is 6.61. The van der Waals surface area contributed by atoms with E-state index < -0.39 is 20.0 Å². The molecule has 0 unspecified atom stereocenters. The number of aryl methyl sites for hydroxylation is 3. The first-order chi connectivity index (χ1) is 15.4. The number of hydrogen-bond acceptors (Lipinski definition) is 7. The Kier molecular flexibility index (Phi) is 6.32. The van der Waals surface area contributed by atoms with Crippen molar-refractivity contribution in [2.75, 3.05) is 42.1 Å². The molecule has 2 fully saturated rings. The largest absolute Gasteiger partial charge is 0.436 e. The van der Waals surface area contributed by atoms with Crippen molar-refractivity contribution >= 4 is 31.6 Å². The number of nitrogens with zero attached hydrogens (tertiary/aromatic N) is 3. The highest BCUT2D eigenvalue weighted by Crippen LogP contribution is 2.35. The Morgan fingerprint density at radius 3 is 2.12 bits per heavy atom. The van der Waals surface area contributed by atoms with Gasteiger partial charge in [0.05, 0.1) is 11.5 Å². The highest BCUT2D eigenvalue weighted by atomic mass is 32.2. The summed E-state index contributed by atoms with van der Waals surface area (Å²) in [6.45, 7) is 7.67. The molecule has 1 saturated heterocycles. The Hall–Kier alpha value is -2.37. The SMILES string of the molecule is Cc1cc(C)c(Oc2nc(N3CCN(S(=O)(=O)C4CC4)CC3)ccc2NS(C)(=O)=O)c(C)c1. The predicted molar refractivity (Wildman–Crippen MR) is 129 cm³/mol. The van der Waals surface area contributed by atoms with Crippen molar-refractivity contribution in [1.29, 1.82) is 0 Å². The summed E-state index contributed by atoms with van der Waals surface area (Å²) in [6.07, 6.45) is 2.57. The van der Waals surface area contributed by atoms with Crippen LogP contribution in [0.2, 0.25) is 0 Å². The van der Waals surface area contributed by atoms with Crippen molar-refractivity contribution in [3.63, 3.8) is 0 Å². The van der Waals surface area contributed by atoms with Gasteiger partial charge in [-0.05, 0) is 56.9 Å². The topological polar surface area (TPSA) is 109 Å². The van der Waals surface area contributed by atoms with E-state index in [1.807, 2.05) is 37.8 Å². The standard InChI is InChI=1S/C22H30N4O5S2/c1-15-13-16(2)21(17(3)14-15)31-22-19(24-32(4,27)28)7-8-20(23-22)25-9-11-26(12-10-25)33(29,30)18-5-6-18/h7-8,13-14,18,24H,5-6,9-12H2,1-4H3. The van der Waals surface area contributed by atoms with Crippen LogP contribution in [0.1, 0.15) is 29.5 Å². The summed E-state index contributed by atoms with van der Waals surface area (Å²) >= 11 is 0. The molecule has 2 aliphatic rings. The first-order valence-electron chi connectivity index (χ1n) is 10.9. The third kappa shape index (κ3) is 5.42. The third-order valence-corrected chi connectivity index (χ3v) is 8.80. The van der Waals surface area contributed by atoms with Crippen molar-refractivity contribution < 1.29 is 21.6 Å². The van der Waals surface area contributed by atoms with Gasteiger partial charge in [-0.15, -0.1) is 0 Å². The van der Waals surface area contributed by atoms with Crippen LogP contribution < -0.4 is 14.4 Å². The van der Waals surface area contributed by atoms with E-state index in [1.165, 1.54) is 0 Å². The molecule has 4 rings (SSSR count). The van der Waals surface area contributed by atoms with Crippen molar-refractivity contribution in [3.8, 4) is 11.6 Å². The number of benzene rings is 1. The fourth-order valence-electron chi connectivity index (χ4n) is 4.13. The van der Waals surface area contributed by atoms with Crippen molar-refractivity contribution in [2.24, 2.45) is 0 Å². The maximum Gasteiger partial charge on any atom is 0.245 e. The summed E-state index contributed by atoms with van der Waals surface area (Å²) in [6, 6.07) is 7.34. The second kappa shape index (κ2) is 8.77. The zero-order valence-corrected chi connectivity index (χ0v) is 21.0. The van der Waals surface area contributed by atoms with Crippen molar-refractivity contribution in [3.05, 3.63) is 41.0 Å². The number of piperazine rings is 1. The number of nitrogens with one attached hydrogen (secondary N) is 1. The summed E-state index contributed by atoms with van der Waals surface area (Å²) in [7, 11) is -6.74. The third-order valence-electron chi connectivity index (χ3n) is 5.81. The summed E-state index contributed by atoms with van der Waals surface area (Å²) < 4.78 is 59.0. The van der Waals surface area contributed by atoms with E-state index in [1.54, 1.807) is 16.4 Å². The van der Waals surface area contributed by atoms with Gasteiger partial charge in [-0.25, -0.2) is 16.8 Å². The Labute approximate surface area is 195 Å². The van der Waals surface area contributed by atoms with E-state index in [9.17, 15) is 16.8 Å². The Morgan fingerprint density at radius 1 is 0.970 bits per heavy atom. The lowest BCUT2D eigenvalue weighted by Gasteiger charge is -2.35. The number of hydrogen-bond donors (Lipinski definition) is 1. The molecule has 9 nitrogen and oxygen atoms in total. The average Bonchev–Trinajstić information content (AvgIpc) is 3.57. The van der Waals surface area contributed by atoms with Gasteiger partial charge in [-0.2, -0.15) is 9.29 Å². The molecule has 1 N–H and O–H groups in total. The molecule has 2 aromatic rings. The van der Waals surface area contributed by atoms with Gasteiger partial charge in [-0.3, -0.25) is 4.72 Å². The smallest absolute Gasteiger partial charge is 0.245 e. The molecular weight excluding hydrogens is 464 g/mol. The van der Waals surface area contributed by atoms with Gasteiger partial charge in [0, 0.05) is 26.2 Å². The summed E-state index contributed by atoms with van der Waals surface area (Å²) in [5.41, 5.74) is 3.19. The lowest BCUT2D eigenvalue weighted by atomic mass is 10.1. The lowest BCUT2D eigenvalue weighted by molar-refractivity contribution is 0.382. The van der Waals surface area contributed by atoms with Crippen LogP contribution in [0.5, 0.6) is 11.6 Å². The first-order valence-corrected chi connectivity index (χ1v) is 14.3. The molecule has 1 aliphatic carbocycles. The van der Waals surface area contributed by atoms with Gasteiger partial charge in [0.25, 0.3) is 0 Å². The zero-order valence-electron chi connectivity index (χ0n) is 19.3. The maximum atomic E-state index is 12.5. The minimum atomic E-state index is -3.54. The molecule has 1 saturated carbocycles. The van der Waals surface area contributed by atoms with Gasteiger partial charge in [0.2, 0.25) is 25.9 Å². The number of anilines is 2. The Bertz CT molecular complexity index is 1240. The molecule has 180 valence electrons. The molecular formula is C22H30N4O5S2. The average molecular weight is 495 g/mol. The second-order valence-electron chi connectivity index (χ2n) is 8.86. The molecule has 0 atom stereocenters. The van der Waals surface area contributed by atoms with E-state index in [0.717, 1.165) is 35.8 Å². The zero-order chi connectivity index (χ0) is 24.0. The van der Waals surface area contributed by atoms with Gasteiger partial charge < -0.3 is 9.64 Å². The molecule has 0 radical (unpaired) electrons. The molecule has 2 heterocycles. The lowest BCUT2D eigenvalue weighted by Crippen LogP contribution is -2.49. The van der Waals surface area contributed by atoms with E-state index in [2.05, 4.69) is 9.71 Å². The first kappa shape index (κ1) is 23.8. The monoisotopic (exact) mass is 494 g/mol. The van der Waals surface area contributed by atoms with Crippen LogP contribution in [0.3, 0.4) is 0 Å². The van der Waals surface area contributed by atoms with Crippen LogP contribution in [0.4, 0.5) is 11.5 Å². The number of aromatic nitrogens is 1. The van der Waals surface area contributed by atoms with Crippen molar-refractivity contribution in [2.45, 2.75) is 38.9 Å². The van der Waals surface area contributed by atoms with Gasteiger partial charge in [0.15, 0.2) is 0 Å². The molecule has 1 aliphatic heterocycles. The Balaban J connectivity index is 1.60. The molecule has 0 bridgehead atoms. The van der Waals surface area contributed by atoms with E-state index in [0.29, 0.717) is 37.7 Å². The van der Waals surface area contributed by atoms with Crippen LogP contribution in [-0.2, 0) is 20.0 Å². The van der Waals surface area contributed by atoms with Crippen LogP contribution in [0.15, 0.2) is 24.3 Å². The minimum absolute atomic E-state index is 0.154. The molecule has 33 heavy (non-hydrogen) atoms. The Morgan fingerprint density at radius 2 is 1.58 bits per heavy atom. The predicted octanol–water partition coefficient (Wildman–Crippen LogP) is 2.78. The second-order valence-corrected chi connectivity index (χ2v) is 12.8. The minimum Gasteiger partial charge on any atom is -0.436 e. The van der Waals surface area contributed by atoms with Gasteiger partial charge >= 0.3 is 0 Å². The van der Waals surface area contributed by atoms with E-state index in [-0.39, 0.29) is 16.8 Å². The number of rotatable bonds is 7. The number of sulfonamides is 2. The molecule has 0 spiro atoms.